The monoisotopic (exact) mass is 419 g/mol. The topological polar surface area (TPSA) is 33.8 Å². The van der Waals surface area contributed by atoms with Crippen LogP contribution in [0.4, 0.5) is 0 Å². The lowest BCUT2D eigenvalue weighted by Gasteiger charge is -2.04. The third-order valence-electron chi connectivity index (χ3n) is 4.59. The third kappa shape index (κ3) is 4.12. The van der Waals surface area contributed by atoms with Gasteiger partial charge in [-0.2, -0.15) is 0 Å². The average molecular weight is 420 g/mol. The molecule has 4 heteroatoms. The van der Waals surface area contributed by atoms with Crippen molar-refractivity contribution in [3.63, 3.8) is 0 Å². The van der Waals surface area contributed by atoms with Crippen LogP contribution < -0.4 is 4.57 Å². The number of carbonyl (C=O) groups excluding carboxylic acids is 1. The lowest BCUT2D eigenvalue weighted by atomic mass is 10.0. The van der Waals surface area contributed by atoms with E-state index in [0.717, 1.165) is 27.6 Å². The first-order valence-corrected chi connectivity index (χ1v) is 8.64. The van der Waals surface area contributed by atoms with Crippen molar-refractivity contribution in [1.82, 2.24) is 4.98 Å². The number of aromatic nitrogens is 2. The van der Waals surface area contributed by atoms with Crippen LogP contribution in [0.5, 0.6) is 0 Å². The van der Waals surface area contributed by atoms with Crippen molar-refractivity contribution < 1.29 is 9.36 Å². The highest BCUT2D eigenvalue weighted by molar-refractivity contribution is 8.93. The van der Waals surface area contributed by atoms with Crippen molar-refractivity contribution in [1.29, 1.82) is 0 Å². The van der Waals surface area contributed by atoms with E-state index in [1.807, 2.05) is 71.4 Å². The number of hydrogen-bond donors (Lipinski definition) is 0. The van der Waals surface area contributed by atoms with E-state index in [1.54, 1.807) is 6.33 Å². The van der Waals surface area contributed by atoms with Gasteiger partial charge in [0.25, 0.3) is 6.33 Å². The molecule has 0 unspecified atom stereocenters. The molecule has 4 aromatic rings. The van der Waals surface area contributed by atoms with Crippen LogP contribution in [0.3, 0.4) is 0 Å². The van der Waals surface area contributed by atoms with E-state index >= 15 is 0 Å². The summed E-state index contributed by atoms with van der Waals surface area (Å²) in [5.74, 6) is 0.0752. The number of aryl methyl sites for hydroxylation is 1. The van der Waals surface area contributed by atoms with E-state index < -0.39 is 0 Å². The van der Waals surface area contributed by atoms with Gasteiger partial charge in [0.1, 0.15) is 0 Å². The standard InChI is InChI=1S/C23H19N2O.BrH/c1-17-6-2-5-9-21(17)22-12-13-25(16-24-22)15-23(26)20-11-10-18-7-3-4-8-19(18)14-20;/h2-14,16H,15H2,1H3;1H/q+1;. The Morgan fingerprint density at radius 1 is 0.926 bits per heavy atom. The number of halogens is 1. The number of benzene rings is 3. The molecule has 0 fully saturated rings. The first kappa shape index (κ1) is 18.9. The molecule has 0 aliphatic rings. The van der Waals surface area contributed by atoms with Gasteiger partial charge in [-0.15, -0.1) is 17.0 Å². The molecule has 3 nitrogen and oxygen atoms in total. The Morgan fingerprint density at radius 2 is 1.67 bits per heavy atom. The van der Waals surface area contributed by atoms with Crippen LogP contribution in [0.15, 0.2) is 85.3 Å². The molecule has 0 atom stereocenters. The summed E-state index contributed by atoms with van der Waals surface area (Å²) in [5, 5.41) is 2.22. The number of hydrogen-bond acceptors (Lipinski definition) is 2. The SMILES string of the molecule is Br.Cc1ccccc1-c1cc[n+](CC(=O)c2ccc3ccccc3c2)cn1. The van der Waals surface area contributed by atoms with E-state index in [0.29, 0.717) is 0 Å². The van der Waals surface area contributed by atoms with E-state index in [4.69, 9.17) is 0 Å². The maximum atomic E-state index is 12.6. The fraction of sp³-hybridized carbons (Fsp3) is 0.0870. The molecule has 0 spiro atoms. The number of ketones is 1. The molecule has 0 saturated carbocycles. The maximum Gasteiger partial charge on any atom is 0.287 e. The van der Waals surface area contributed by atoms with Gasteiger partial charge < -0.3 is 0 Å². The van der Waals surface area contributed by atoms with E-state index in [-0.39, 0.29) is 29.3 Å². The molecule has 0 N–H and O–H groups in total. The van der Waals surface area contributed by atoms with Crippen LogP contribution >= 0.6 is 17.0 Å². The van der Waals surface area contributed by atoms with Gasteiger partial charge in [0.15, 0.2) is 12.2 Å². The molecule has 0 bridgehead atoms. The Bertz CT molecular complexity index is 1090. The molecule has 0 amide bonds. The van der Waals surface area contributed by atoms with Gasteiger partial charge in [0.05, 0.1) is 6.20 Å². The van der Waals surface area contributed by atoms with Gasteiger partial charge >= 0.3 is 0 Å². The number of carbonyl (C=O) groups is 1. The largest absolute Gasteiger partial charge is 0.290 e. The summed E-state index contributed by atoms with van der Waals surface area (Å²) in [5.41, 5.74) is 3.93. The van der Waals surface area contributed by atoms with Crippen LogP contribution in [0.1, 0.15) is 15.9 Å². The average Bonchev–Trinajstić information content (AvgIpc) is 2.69. The van der Waals surface area contributed by atoms with Gasteiger partial charge in [-0.05, 0) is 34.3 Å². The van der Waals surface area contributed by atoms with Crippen LogP contribution in [0, 0.1) is 6.92 Å². The minimum Gasteiger partial charge on any atom is -0.290 e. The molecule has 3 aromatic carbocycles. The molecular weight excluding hydrogens is 400 g/mol. The third-order valence-corrected chi connectivity index (χ3v) is 4.59. The number of nitrogens with zero attached hydrogens (tertiary/aromatic N) is 2. The van der Waals surface area contributed by atoms with Crippen molar-refractivity contribution in [2.24, 2.45) is 0 Å². The Morgan fingerprint density at radius 3 is 2.41 bits per heavy atom. The molecule has 1 aromatic heterocycles. The van der Waals surface area contributed by atoms with Crippen LogP contribution in [0.2, 0.25) is 0 Å². The summed E-state index contributed by atoms with van der Waals surface area (Å²) in [6.45, 7) is 2.35. The smallest absolute Gasteiger partial charge is 0.287 e. The lowest BCUT2D eigenvalue weighted by molar-refractivity contribution is -0.686. The van der Waals surface area contributed by atoms with Gasteiger partial charge in [-0.3, -0.25) is 4.79 Å². The molecular formula is C23H20BrN2O+. The number of rotatable bonds is 4. The fourth-order valence-corrected chi connectivity index (χ4v) is 3.12. The van der Waals surface area contributed by atoms with Crippen LogP contribution in [0.25, 0.3) is 22.0 Å². The molecule has 0 aliphatic heterocycles. The summed E-state index contributed by atoms with van der Waals surface area (Å²) in [7, 11) is 0. The molecule has 0 aliphatic carbocycles. The van der Waals surface area contributed by atoms with Gasteiger partial charge in [0, 0.05) is 17.2 Å². The summed E-state index contributed by atoms with van der Waals surface area (Å²) in [4.78, 5) is 17.1. The predicted octanol–water partition coefficient (Wildman–Crippen LogP) is 4.96. The first-order chi connectivity index (χ1) is 12.7. The molecule has 1 heterocycles. The Hall–Kier alpha value is -2.85. The van der Waals surface area contributed by atoms with Gasteiger partial charge in [-0.25, -0.2) is 4.57 Å². The number of Topliss-reactive ketones (excluding diaryl/α,β-unsaturated/α-hetero) is 1. The fourth-order valence-electron chi connectivity index (χ4n) is 3.12. The molecule has 0 radical (unpaired) electrons. The van der Waals surface area contributed by atoms with E-state index in [9.17, 15) is 4.79 Å². The Labute approximate surface area is 169 Å². The second kappa shape index (κ2) is 8.23. The van der Waals surface area contributed by atoms with Gasteiger partial charge in [0.2, 0.25) is 5.78 Å². The summed E-state index contributed by atoms with van der Waals surface area (Å²) >= 11 is 0. The molecule has 27 heavy (non-hydrogen) atoms. The lowest BCUT2D eigenvalue weighted by Crippen LogP contribution is -2.37. The second-order valence-corrected chi connectivity index (χ2v) is 6.42. The molecule has 134 valence electrons. The normalized spacial score (nSPS) is 10.4. The van der Waals surface area contributed by atoms with E-state index in [2.05, 4.69) is 24.0 Å². The summed E-state index contributed by atoms with van der Waals surface area (Å²) < 4.78 is 1.82. The quantitative estimate of drug-likeness (QED) is 0.346. The highest BCUT2D eigenvalue weighted by atomic mass is 79.9. The predicted molar refractivity (Wildman–Crippen MR) is 113 cm³/mol. The summed E-state index contributed by atoms with van der Waals surface area (Å²) in [6.07, 6.45) is 3.63. The molecule has 4 rings (SSSR count). The molecule has 0 saturated heterocycles. The van der Waals surface area contributed by atoms with Crippen molar-refractivity contribution in [2.75, 3.05) is 0 Å². The van der Waals surface area contributed by atoms with Crippen LogP contribution in [-0.2, 0) is 6.54 Å². The highest BCUT2D eigenvalue weighted by Crippen LogP contribution is 2.19. The first-order valence-electron chi connectivity index (χ1n) is 8.64. The zero-order valence-electron chi connectivity index (χ0n) is 15.0. The van der Waals surface area contributed by atoms with Crippen molar-refractivity contribution >= 4 is 33.5 Å². The highest BCUT2D eigenvalue weighted by Gasteiger charge is 2.13. The zero-order valence-corrected chi connectivity index (χ0v) is 16.7. The maximum absolute atomic E-state index is 12.6. The summed E-state index contributed by atoms with van der Waals surface area (Å²) in [6, 6.07) is 24.0. The minimum atomic E-state index is 0. The van der Waals surface area contributed by atoms with Crippen molar-refractivity contribution in [2.45, 2.75) is 13.5 Å². The second-order valence-electron chi connectivity index (χ2n) is 6.42. The van der Waals surface area contributed by atoms with E-state index in [1.165, 1.54) is 5.56 Å². The Balaban J connectivity index is 0.00000210. The van der Waals surface area contributed by atoms with Crippen LogP contribution in [-0.4, -0.2) is 10.8 Å². The van der Waals surface area contributed by atoms with Crippen molar-refractivity contribution in [3.05, 3.63) is 96.4 Å². The number of fused-ring (bicyclic) bond motifs is 1. The Kier molecular flexibility index (Phi) is 5.77. The minimum absolute atomic E-state index is 0. The van der Waals surface area contributed by atoms with Gasteiger partial charge in [-0.1, -0.05) is 60.7 Å². The van der Waals surface area contributed by atoms with Crippen molar-refractivity contribution in [3.8, 4) is 11.3 Å². The zero-order chi connectivity index (χ0) is 17.9.